The quantitative estimate of drug-likeness (QED) is 0.302. The molecular weight excluding hydrogens is 400 g/mol. The van der Waals surface area contributed by atoms with Crippen LogP contribution in [0.1, 0.15) is 32.9 Å². The summed E-state index contributed by atoms with van der Waals surface area (Å²) in [5, 5.41) is 15.6. The fraction of sp³-hybridized carbons (Fsp3) is 0.174. The van der Waals surface area contributed by atoms with Crippen LogP contribution in [0.4, 0.5) is 5.69 Å². The Morgan fingerprint density at radius 1 is 1.13 bits per heavy atom. The summed E-state index contributed by atoms with van der Waals surface area (Å²) < 4.78 is 16.1. The number of nitrogens with zero attached hydrogens (tertiary/aromatic N) is 1. The zero-order valence-corrected chi connectivity index (χ0v) is 17.1. The lowest BCUT2D eigenvalue weighted by molar-refractivity contribution is -0.111. The molecule has 8 heteroatoms. The number of carbonyl (C=O) groups is 2. The monoisotopic (exact) mass is 422 g/mol. The molecule has 3 rings (SSSR count). The molecule has 2 N–H and O–H groups in total. The van der Waals surface area contributed by atoms with Gasteiger partial charge in [-0.05, 0) is 49.8 Å². The number of carboxylic acid groups (broad SMARTS) is 1. The maximum atomic E-state index is 12.1. The second kappa shape index (κ2) is 10.2. The van der Waals surface area contributed by atoms with Crippen LogP contribution in [0.2, 0.25) is 0 Å². The van der Waals surface area contributed by atoms with Crippen LogP contribution in [0.3, 0.4) is 0 Å². The molecule has 0 bridgehead atoms. The maximum Gasteiger partial charge on any atom is 0.337 e. The molecule has 0 saturated carbocycles. The zero-order chi connectivity index (χ0) is 22.2. The Hall–Kier alpha value is -3.91. The van der Waals surface area contributed by atoms with Crippen molar-refractivity contribution in [3.05, 3.63) is 82.8 Å². The molecule has 0 radical (unpaired) electrons. The van der Waals surface area contributed by atoms with Gasteiger partial charge in [0.25, 0.3) is 0 Å². The van der Waals surface area contributed by atoms with Crippen LogP contribution in [-0.4, -0.2) is 28.9 Å². The summed E-state index contributed by atoms with van der Waals surface area (Å²) in [6.45, 7) is 4.11. The highest BCUT2D eigenvalue weighted by Gasteiger charge is 2.10. The predicted molar refractivity (Wildman–Crippen MR) is 114 cm³/mol. The zero-order valence-electron chi connectivity index (χ0n) is 17.1. The van der Waals surface area contributed by atoms with E-state index >= 15 is 0 Å². The molecule has 1 heterocycles. The van der Waals surface area contributed by atoms with Gasteiger partial charge in [-0.1, -0.05) is 29.4 Å². The van der Waals surface area contributed by atoms with E-state index in [0.29, 0.717) is 12.4 Å². The largest absolute Gasteiger partial charge is 0.478 e. The number of carboxylic acids is 1. The highest BCUT2D eigenvalue weighted by Crippen LogP contribution is 2.17. The van der Waals surface area contributed by atoms with Crippen LogP contribution in [0.5, 0.6) is 5.75 Å². The first-order valence-corrected chi connectivity index (χ1v) is 9.48. The van der Waals surface area contributed by atoms with Gasteiger partial charge < -0.3 is 24.4 Å². The van der Waals surface area contributed by atoms with E-state index in [-0.39, 0.29) is 18.0 Å². The van der Waals surface area contributed by atoms with Crippen molar-refractivity contribution >= 4 is 23.6 Å². The van der Waals surface area contributed by atoms with E-state index < -0.39 is 11.9 Å². The van der Waals surface area contributed by atoms with Crippen molar-refractivity contribution in [2.45, 2.75) is 20.5 Å². The van der Waals surface area contributed by atoms with Crippen molar-refractivity contribution in [1.82, 2.24) is 5.16 Å². The summed E-state index contributed by atoms with van der Waals surface area (Å²) in [5.74, 6) is -0.187. The van der Waals surface area contributed by atoms with Crippen molar-refractivity contribution in [3.63, 3.8) is 0 Å². The highest BCUT2D eigenvalue weighted by atomic mass is 16.7. The summed E-state index contributed by atoms with van der Waals surface area (Å²) >= 11 is 0. The lowest BCUT2D eigenvalue weighted by atomic mass is 10.1. The average molecular weight is 422 g/mol. The Labute approximate surface area is 179 Å². The molecule has 0 aliphatic rings. The number of hydrogen-bond donors (Lipinski definition) is 2. The van der Waals surface area contributed by atoms with Gasteiger partial charge in [-0.3, -0.25) is 4.79 Å². The van der Waals surface area contributed by atoms with E-state index in [9.17, 15) is 9.59 Å². The molecule has 31 heavy (non-hydrogen) atoms. The predicted octanol–water partition coefficient (Wildman–Crippen LogP) is 4.19. The van der Waals surface area contributed by atoms with E-state index in [4.69, 9.17) is 19.1 Å². The van der Waals surface area contributed by atoms with Crippen LogP contribution < -0.4 is 10.1 Å². The Morgan fingerprint density at radius 3 is 2.55 bits per heavy atom. The smallest absolute Gasteiger partial charge is 0.337 e. The van der Waals surface area contributed by atoms with E-state index in [0.717, 1.165) is 22.6 Å². The molecule has 1 aromatic heterocycles. The SMILES string of the molecule is Cc1noc(C)c1COCOc1ccc(/C=C/C(=O)Nc2ccccc2C(=O)O)cc1. The van der Waals surface area contributed by atoms with E-state index in [1.54, 1.807) is 42.5 Å². The summed E-state index contributed by atoms with van der Waals surface area (Å²) in [7, 11) is 0. The normalized spacial score (nSPS) is 10.9. The minimum atomic E-state index is -1.11. The number of aryl methyl sites for hydroxylation is 2. The highest BCUT2D eigenvalue weighted by molar-refractivity contribution is 6.06. The first-order valence-electron chi connectivity index (χ1n) is 9.48. The van der Waals surface area contributed by atoms with Crippen LogP contribution in [0.15, 0.2) is 59.1 Å². The van der Waals surface area contributed by atoms with Gasteiger partial charge in [0.15, 0.2) is 6.79 Å². The number of aromatic carboxylic acids is 1. The van der Waals surface area contributed by atoms with Crippen LogP contribution >= 0.6 is 0 Å². The Kier molecular flexibility index (Phi) is 7.18. The van der Waals surface area contributed by atoms with Crippen molar-refractivity contribution < 1.29 is 28.7 Å². The van der Waals surface area contributed by atoms with Gasteiger partial charge in [0.05, 0.1) is 23.6 Å². The molecule has 0 fully saturated rings. The average Bonchev–Trinajstić information content (AvgIpc) is 3.08. The summed E-state index contributed by atoms with van der Waals surface area (Å²) in [6, 6.07) is 13.3. The molecule has 0 aliphatic heterocycles. The Morgan fingerprint density at radius 2 is 1.87 bits per heavy atom. The number of amides is 1. The molecule has 8 nitrogen and oxygen atoms in total. The van der Waals surface area contributed by atoms with Gasteiger partial charge in [-0.2, -0.15) is 0 Å². The fourth-order valence-corrected chi connectivity index (χ4v) is 2.76. The third kappa shape index (κ3) is 6.03. The van der Waals surface area contributed by atoms with Crippen molar-refractivity contribution in [3.8, 4) is 5.75 Å². The number of hydrogen-bond acceptors (Lipinski definition) is 6. The number of ether oxygens (including phenoxy) is 2. The van der Waals surface area contributed by atoms with Gasteiger partial charge >= 0.3 is 5.97 Å². The van der Waals surface area contributed by atoms with E-state index in [2.05, 4.69) is 10.5 Å². The lowest BCUT2D eigenvalue weighted by Crippen LogP contribution is -2.11. The van der Waals surface area contributed by atoms with Crippen molar-refractivity contribution in [2.24, 2.45) is 0 Å². The minimum Gasteiger partial charge on any atom is -0.478 e. The fourth-order valence-electron chi connectivity index (χ4n) is 2.76. The number of nitrogens with one attached hydrogen (secondary N) is 1. The molecule has 160 valence electrons. The molecule has 0 unspecified atom stereocenters. The second-order valence-electron chi connectivity index (χ2n) is 6.66. The van der Waals surface area contributed by atoms with Gasteiger partial charge in [0.1, 0.15) is 11.5 Å². The Bertz CT molecular complexity index is 1070. The van der Waals surface area contributed by atoms with Gasteiger partial charge in [0, 0.05) is 11.6 Å². The topological polar surface area (TPSA) is 111 Å². The number of benzene rings is 2. The standard InChI is InChI=1S/C23H22N2O6/c1-15-20(16(2)31-25-15)13-29-14-30-18-10-7-17(8-11-18)9-12-22(26)24-21-6-4-3-5-19(21)23(27)28/h3-12H,13-14H2,1-2H3,(H,24,26)(H,27,28)/b12-9+. The summed E-state index contributed by atoms with van der Waals surface area (Å²) in [4.78, 5) is 23.3. The minimum absolute atomic E-state index is 0.0299. The molecule has 0 spiro atoms. The molecule has 0 atom stereocenters. The van der Waals surface area contributed by atoms with E-state index in [1.807, 2.05) is 13.8 Å². The third-order valence-electron chi connectivity index (χ3n) is 4.46. The molecule has 1 amide bonds. The number of rotatable bonds is 9. The van der Waals surface area contributed by atoms with Crippen molar-refractivity contribution in [1.29, 1.82) is 0 Å². The van der Waals surface area contributed by atoms with Gasteiger partial charge in [-0.15, -0.1) is 0 Å². The maximum absolute atomic E-state index is 12.1. The van der Waals surface area contributed by atoms with Gasteiger partial charge in [0.2, 0.25) is 5.91 Å². The summed E-state index contributed by atoms with van der Waals surface area (Å²) in [5.41, 5.74) is 2.76. The van der Waals surface area contributed by atoms with Gasteiger partial charge in [-0.25, -0.2) is 4.79 Å². The molecule has 3 aromatic rings. The second-order valence-corrected chi connectivity index (χ2v) is 6.66. The first kappa shape index (κ1) is 21.8. The number of para-hydroxylation sites is 1. The lowest BCUT2D eigenvalue weighted by Gasteiger charge is -2.07. The van der Waals surface area contributed by atoms with E-state index in [1.165, 1.54) is 18.2 Å². The number of carbonyl (C=O) groups excluding carboxylic acids is 1. The Balaban J connectivity index is 1.48. The van der Waals surface area contributed by atoms with Crippen LogP contribution in [0.25, 0.3) is 6.08 Å². The summed E-state index contributed by atoms with van der Waals surface area (Å²) in [6.07, 6.45) is 2.96. The molecular formula is C23H22N2O6. The van der Waals surface area contributed by atoms with Crippen LogP contribution in [0, 0.1) is 13.8 Å². The van der Waals surface area contributed by atoms with Crippen LogP contribution in [-0.2, 0) is 16.1 Å². The third-order valence-corrected chi connectivity index (χ3v) is 4.46. The molecule has 2 aromatic carbocycles. The molecule has 0 saturated heterocycles. The number of anilines is 1. The molecule has 0 aliphatic carbocycles. The number of aromatic nitrogens is 1. The first-order chi connectivity index (χ1) is 14.9. The van der Waals surface area contributed by atoms with Crippen molar-refractivity contribution in [2.75, 3.05) is 12.1 Å².